The lowest BCUT2D eigenvalue weighted by Crippen LogP contribution is -2.23. The van der Waals surface area contributed by atoms with Gasteiger partial charge in [0.2, 0.25) is 5.91 Å². The molecule has 0 aromatic heterocycles. The zero-order valence-electron chi connectivity index (χ0n) is 14.4. The van der Waals surface area contributed by atoms with Gasteiger partial charge in [0.15, 0.2) is 0 Å². The minimum atomic E-state index is -0.205. The Balaban J connectivity index is 2.13. The number of carbonyl (C=O) groups excluding carboxylic acids is 2. The molecule has 0 saturated carbocycles. The third kappa shape index (κ3) is 4.35. The van der Waals surface area contributed by atoms with Gasteiger partial charge in [0.05, 0.1) is 7.11 Å². The lowest BCUT2D eigenvalue weighted by molar-refractivity contribution is -0.114. The number of nitrogens with one attached hydrogen (secondary N) is 2. The standard InChI is InChI=1S/C19H22N2O3/c1-12-8-13(2)18(24-4)16(9-12)11-20-19(23)15-6-5-7-17(10-15)21-14(3)22/h5-10H,11H2,1-4H3,(H,20,23)(H,21,22). The predicted molar refractivity (Wildman–Crippen MR) is 94.4 cm³/mol. The molecule has 0 atom stereocenters. The zero-order valence-corrected chi connectivity index (χ0v) is 14.4. The quantitative estimate of drug-likeness (QED) is 0.886. The van der Waals surface area contributed by atoms with Gasteiger partial charge in [0.1, 0.15) is 5.75 Å². The Morgan fingerprint density at radius 3 is 2.54 bits per heavy atom. The Morgan fingerprint density at radius 1 is 1.12 bits per heavy atom. The molecule has 0 heterocycles. The van der Waals surface area contributed by atoms with Gasteiger partial charge < -0.3 is 15.4 Å². The molecule has 126 valence electrons. The largest absolute Gasteiger partial charge is 0.496 e. The normalized spacial score (nSPS) is 10.2. The topological polar surface area (TPSA) is 67.4 Å². The molecule has 0 spiro atoms. The van der Waals surface area contributed by atoms with Crippen molar-refractivity contribution in [1.29, 1.82) is 0 Å². The van der Waals surface area contributed by atoms with Crippen LogP contribution in [0.25, 0.3) is 0 Å². The first-order valence-corrected chi connectivity index (χ1v) is 7.70. The van der Waals surface area contributed by atoms with E-state index >= 15 is 0 Å². The smallest absolute Gasteiger partial charge is 0.251 e. The van der Waals surface area contributed by atoms with E-state index in [1.165, 1.54) is 6.92 Å². The lowest BCUT2D eigenvalue weighted by atomic mass is 10.1. The summed E-state index contributed by atoms with van der Waals surface area (Å²) >= 11 is 0. The number of methoxy groups -OCH3 is 1. The molecule has 5 heteroatoms. The van der Waals surface area contributed by atoms with Crippen molar-refractivity contribution < 1.29 is 14.3 Å². The van der Waals surface area contributed by atoms with Crippen molar-refractivity contribution in [3.8, 4) is 5.75 Å². The van der Waals surface area contributed by atoms with Crippen molar-refractivity contribution in [3.05, 3.63) is 58.7 Å². The van der Waals surface area contributed by atoms with Crippen LogP contribution in [0.4, 0.5) is 5.69 Å². The number of aryl methyl sites for hydroxylation is 2. The molecule has 0 saturated heterocycles. The van der Waals surface area contributed by atoms with Crippen LogP contribution in [0, 0.1) is 13.8 Å². The molecule has 0 unspecified atom stereocenters. The summed E-state index contributed by atoms with van der Waals surface area (Å²) in [4.78, 5) is 23.5. The monoisotopic (exact) mass is 326 g/mol. The molecule has 5 nitrogen and oxygen atoms in total. The maximum absolute atomic E-state index is 12.4. The van der Waals surface area contributed by atoms with Crippen molar-refractivity contribution in [2.24, 2.45) is 0 Å². The maximum atomic E-state index is 12.4. The Kier molecular flexibility index (Phi) is 5.58. The number of carbonyl (C=O) groups is 2. The highest BCUT2D eigenvalue weighted by Crippen LogP contribution is 2.25. The first-order chi connectivity index (χ1) is 11.4. The summed E-state index contributed by atoms with van der Waals surface area (Å²) in [6.45, 7) is 5.79. The second-order valence-electron chi connectivity index (χ2n) is 5.72. The molecule has 0 bridgehead atoms. The molecule has 0 fully saturated rings. The van der Waals surface area contributed by atoms with Crippen LogP contribution in [0.1, 0.15) is 34.0 Å². The minimum Gasteiger partial charge on any atom is -0.496 e. The SMILES string of the molecule is COc1c(C)cc(C)cc1CNC(=O)c1cccc(NC(C)=O)c1. The van der Waals surface area contributed by atoms with Gasteiger partial charge >= 0.3 is 0 Å². The summed E-state index contributed by atoms with van der Waals surface area (Å²) in [5.41, 5.74) is 4.17. The number of ether oxygens (including phenoxy) is 1. The molecule has 24 heavy (non-hydrogen) atoms. The predicted octanol–water partition coefficient (Wildman–Crippen LogP) is 3.20. The fourth-order valence-corrected chi connectivity index (χ4v) is 2.68. The third-order valence-corrected chi connectivity index (χ3v) is 3.58. The van der Waals surface area contributed by atoms with Crippen molar-refractivity contribution >= 4 is 17.5 Å². The van der Waals surface area contributed by atoms with Crippen molar-refractivity contribution in [1.82, 2.24) is 5.32 Å². The van der Waals surface area contributed by atoms with Crippen LogP contribution in [-0.4, -0.2) is 18.9 Å². The van der Waals surface area contributed by atoms with Crippen LogP contribution in [0.5, 0.6) is 5.75 Å². The molecule has 0 aliphatic rings. The van der Waals surface area contributed by atoms with Crippen molar-refractivity contribution in [2.45, 2.75) is 27.3 Å². The van der Waals surface area contributed by atoms with Crippen molar-refractivity contribution in [3.63, 3.8) is 0 Å². The van der Waals surface area contributed by atoms with E-state index in [1.807, 2.05) is 26.0 Å². The molecule has 0 radical (unpaired) electrons. The number of rotatable bonds is 5. The number of anilines is 1. The van der Waals surface area contributed by atoms with Gasteiger partial charge in [-0.05, 0) is 37.6 Å². The zero-order chi connectivity index (χ0) is 17.7. The van der Waals surface area contributed by atoms with Gasteiger partial charge in [-0.3, -0.25) is 9.59 Å². The number of hydrogen-bond acceptors (Lipinski definition) is 3. The highest BCUT2D eigenvalue weighted by molar-refractivity contribution is 5.96. The number of hydrogen-bond donors (Lipinski definition) is 2. The summed E-state index contributed by atoms with van der Waals surface area (Å²) in [5.74, 6) is 0.406. The van der Waals surface area contributed by atoms with E-state index in [0.29, 0.717) is 17.8 Å². The first-order valence-electron chi connectivity index (χ1n) is 7.70. The van der Waals surface area contributed by atoms with E-state index in [2.05, 4.69) is 10.6 Å². The van der Waals surface area contributed by atoms with Crippen LogP contribution < -0.4 is 15.4 Å². The molecule has 0 aliphatic heterocycles. The molecule has 2 rings (SSSR count). The van der Waals surface area contributed by atoms with Gasteiger partial charge in [-0.2, -0.15) is 0 Å². The first kappa shape index (κ1) is 17.5. The average molecular weight is 326 g/mol. The highest BCUT2D eigenvalue weighted by Gasteiger charge is 2.11. The summed E-state index contributed by atoms with van der Waals surface area (Å²) in [6.07, 6.45) is 0. The van der Waals surface area contributed by atoms with E-state index in [9.17, 15) is 9.59 Å². The van der Waals surface area contributed by atoms with Gasteiger partial charge in [-0.1, -0.05) is 23.8 Å². The van der Waals surface area contributed by atoms with Crippen LogP contribution in [0.3, 0.4) is 0 Å². The Hall–Kier alpha value is -2.82. The summed E-state index contributed by atoms with van der Waals surface area (Å²) in [6, 6.07) is 10.9. The van der Waals surface area contributed by atoms with Crippen molar-refractivity contribution in [2.75, 3.05) is 12.4 Å². The van der Waals surface area contributed by atoms with Gasteiger partial charge in [0.25, 0.3) is 5.91 Å². The molecular formula is C19H22N2O3. The average Bonchev–Trinajstić information content (AvgIpc) is 2.51. The highest BCUT2D eigenvalue weighted by atomic mass is 16.5. The minimum absolute atomic E-state index is 0.174. The third-order valence-electron chi connectivity index (χ3n) is 3.58. The Bertz CT molecular complexity index is 769. The second kappa shape index (κ2) is 7.64. The molecule has 0 aliphatic carbocycles. The van der Waals surface area contributed by atoms with Gasteiger partial charge in [-0.15, -0.1) is 0 Å². The lowest BCUT2D eigenvalue weighted by Gasteiger charge is -2.14. The fraction of sp³-hybridized carbons (Fsp3) is 0.263. The van der Waals surface area contributed by atoms with E-state index in [-0.39, 0.29) is 11.8 Å². The maximum Gasteiger partial charge on any atom is 0.251 e. The summed E-state index contributed by atoms with van der Waals surface area (Å²) in [7, 11) is 1.62. The van der Waals surface area contributed by atoms with Crippen LogP contribution in [-0.2, 0) is 11.3 Å². The van der Waals surface area contributed by atoms with Gasteiger partial charge in [0, 0.05) is 30.3 Å². The van der Waals surface area contributed by atoms with Crippen LogP contribution in [0.15, 0.2) is 36.4 Å². The second-order valence-corrected chi connectivity index (χ2v) is 5.72. The summed E-state index contributed by atoms with van der Waals surface area (Å²) in [5, 5.41) is 5.56. The molecular weight excluding hydrogens is 304 g/mol. The van der Waals surface area contributed by atoms with E-state index < -0.39 is 0 Å². The molecule has 2 aromatic rings. The summed E-state index contributed by atoms with van der Waals surface area (Å²) < 4.78 is 5.43. The van der Waals surface area contributed by atoms with E-state index in [4.69, 9.17) is 4.74 Å². The van der Waals surface area contributed by atoms with Crippen LogP contribution >= 0.6 is 0 Å². The van der Waals surface area contributed by atoms with Crippen LogP contribution in [0.2, 0.25) is 0 Å². The van der Waals surface area contributed by atoms with E-state index in [1.54, 1.807) is 31.4 Å². The fourth-order valence-electron chi connectivity index (χ4n) is 2.68. The number of amides is 2. The Labute approximate surface area is 142 Å². The molecule has 2 aromatic carbocycles. The Morgan fingerprint density at radius 2 is 1.88 bits per heavy atom. The number of benzene rings is 2. The molecule has 2 amide bonds. The van der Waals surface area contributed by atoms with Gasteiger partial charge in [-0.25, -0.2) is 0 Å². The van der Waals surface area contributed by atoms with E-state index in [0.717, 1.165) is 22.4 Å². The molecule has 2 N–H and O–H groups in total.